The van der Waals surface area contributed by atoms with Gasteiger partial charge in [0.25, 0.3) is 0 Å². The Morgan fingerprint density at radius 1 is 1.16 bits per heavy atom. The van der Waals surface area contributed by atoms with Gasteiger partial charge in [-0.15, -0.1) is 0 Å². The average molecular weight is 264 g/mol. The minimum absolute atomic E-state index is 0.145. The fourth-order valence-corrected chi connectivity index (χ4v) is 1.69. The van der Waals surface area contributed by atoms with Crippen molar-refractivity contribution >= 4 is 11.9 Å². The van der Waals surface area contributed by atoms with Crippen LogP contribution < -0.4 is 0 Å². The molecule has 0 fully saturated rings. The summed E-state index contributed by atoms with van der Waals surface area (Å²) in [6.45, 7) is 0. The van der Waals surface area contributed by atoms with Gasteiger partial charge in [0.15, 0.2) is 5.78 Å². The average Bonchev–Trinajstić information content (AvgIpc) is 2.89. The van der Waals surface area contributed by atoms with Crippen LogP contribution in [0.4, 0.5) is 13.2 Å². The van der Waals surface area contributed by atoms with Gasteiger partial charge in [-0.05, 0) is 30.2 Å². The Kier molecular flexibility index (Phi) is 3.69. The van der Waals surface area contributed by atoms with Crippen LogP contribution >= 0.6 is 0 Å². The minimum Gasteiger partial charge on any atom is -0.289 e. The Morgan fingerprint density at radius 3 is 2.37 bits per heavy atom. The second kappa shape index (κ2) is 5.26. The van der Waals surface area contributed by atoms with Crippen LogP contribution in [0, 0.1) is 0 Å². The highest BCUT2D eigenvalue weighted by atomic mass is 19.4. The summed E-state index contributed by atoms with van der Waals surface area (Å²) in [5.41, 5.74) is 0.476. The maximum Gasteiger partial charge on any atom is 0.416 e. The normalized spacial score (nSPS) is 15.0. The van der Waals surface area contributed by atoms with Gasteiger partial charge in [0, 0.05) is 5.57 Å². The fourth-order valence-electron chi connectivity index (χ4n) is 1.69. The Hall–Kier alpha value is -2.10. The van der Waals surface area contributed by atoms with Crippen LogP contribution in [-0.2, 0) is 11.0 Å². The van der Waals surface area contributed by atoms with Gasteiger partial charge in [-0.3, -0.25) is 4.79 Å². The number of halogens is 3. The zero-order valence-corrected chi connectivity index (χ0v) is 9.95. The van der Waals surface area contributed by atoms with Gasteiger partial charge in [-0.25, -0.2) is 0 Å². The van der Waals surface area contributed by atoms with Crippen molar-refractivity contribution in [3.63, 3.8) is 0 Å². The van der Waals surface area contributed by atoms with Crippen molar-refractivity contribution < 1.29 is 18.0 Å². The van der Waals surface area contributed by atoms with Crippen molar-refractivity contribution in [2.75, 3.05) is 0 Å². The molecule has 19 heavy (non-hydrogen) atoms. The zero-order valence-electron chi connectivity index (χ0n) is 9.95. The quantitative estimate of drug-likeness (QED) is 0.749. The Morgan fingerprint density at radius 2 is 1.84 bits per heavy atom. The van der Waals surface area contributed by atoms with E-state index in [1.165, 1.54) is 24.3 Å². The van der Waals surface area contributed by atoms with Crippen LogP contribution in [0.15, 0.2) is 54.1 Å². The lowest BCUT2D eigenvalue weighted by Crippen LogP contribution is -2.04. The molecular formula is C15H11F3O. The molecule has 0 atom stereocenters. The van der Waals surface area contributed by atoms with Crippen LogP contribution in [0.25, 0.3) is 6.08 Å². The molecule has 0 aromatic heterocycles. The lowest BCUT2D eigenvalue weighted by molar-refractivity contribution is -0.137. The first-order valence-electron chi connectivity index (χ1n) is 5.73. The van der Waals surface area contributed by atoms with E-state index < -0.39 is 11.7 Å². The van der Waals surface area contributed by atoms with Gasteiger partial charge in [-0.1, -0.05) is 36.4 Å². The van der Waals surface area contributed by atoms with Crippen LogP contribution in [0.5, 0.6) is 0 Å². The minimum atomic E-state index is -4.34. The summed E-state index contributed by atoms with van der Waals surface area (Å²) >= 11 is 0. The number of carbonyl (C=O) groups is 1. The van der Waals surface area contributed by atoms with E-state index >= 15 is 0 Å². The van der Waals surface area contributed by atoms with E-state index in [1.807, 2.05) is 6.08 Å². The summed E-state index contributed by atoms with van der Waals surface area (Å²) in [5.74, 6) is -0.145. The largest absolute Gasteiger partial charge is 0.416 e. The topological polar surface area (TPSA) is 17.1 Å². The molecule has 1 aromatic carbocycles. The predicted octanol–water partition coefficient (Wildman–Crippen LogP) is 4.17. The van der Waals surface area contributed by atoms with Gasteiger partial charge in [0.1, 0.15) is 0 Å². The van der Waals surface area contributed by atoms with Crippen LogP contribution in [0.2, 0.25) is 0 Å². The van der Waals surface area contributed by atoms with E-state index in [4.69, 9.17) is 0 Å². The molecule has 98 valence electrons. The third-order valence-corrected chi connectivity index (χ3v) is 2.72. The monoisotopic (exact) mass is 264 g/mol. The predicted molar refractivity (Wildman–Crippen MR) is 67.3 cm³/mol. The zero-order chi connectivity index (χ0) is 13.9. The molecule has 0 unspecified atom stereocenters. The first-order valence-corrected chi connectivity index (χ1v) is 5.73. The van der Waals surface area contributed by atoms with E-state index in [9.17, 15) is 18.0 Å². The maximum atomic E-state index is 12.4. The van der Waals surface area contributed by atoms with Gasteiger partial charge in [0.2, 0.25) is 0 Å². The first-order chi connectivity index (χ1) is 8.97. The van der Waals surface area contributed by atoms with E-state index in [0.29, 0.717) is 11.1 Å². The summed E-state index contributed by atoms with van der Waals surface area (Å²) in [6, 6.07) is 4.68. The van der Waals surface area contributed by atoms with E-state index in [2.05, 4.69) is 0 Å². The Labute approximate surface area is 108 Å². The van der Waals surface area contributed by atoms with Crippen molar-refractivity contribution in [3.8, 4) is 0 Å². The summed E-state index contributed by atoms with van der Waals surface area (Å²) < 4.78 is 37.1. The van der Waals surface area contributed by atoms with E-state index in [0.717, 1.165) is 18.6 Å². The smallest absolute Gasteiger partial charge is 0.289 e. The Bertz CT molecular complexity index is 560. The number of benzene rings is 1. The van der Waals surface area contributed by atoms with Crippen LogP contribution in [-0.4, -0.2) is 5.78 Å². The van der Waals surface area contributed by atoms with Crippen LogP contribution in [0.3, 0.4) is 0 Å². The molecule has 1 aromatic rings. The maximum absolute atomic E-state index is 12.4. The van der Waals surface area contributed by atoms with Crippen molar-refractivity contribution in [1.29, 1.82) is 0 Å². The molecular weight excluding hydrogens is 253 g/mol. The second-order valence-corrected chi connectivity index (χ2v) is 4.11. The molecule has 1 aliphatic carbocycles. The van der Waals surface area contributed by atoms with Crippen molar-refractivity contribution in [2.45, 2.75) is 12.6 Å². The molecule has 0 amide bonds. The molecule has 0 bridgehead atoms. The first kappa shape index (κ1) is 13.3. The highest BCUT2D eigenvalue weighted by Crippen LogP contribution is 2.29. The standard InChI is InChI=1S/C15H11F3O/c16-15(17,18)13-8-5-11(6-9-13)7-10-14(19)12-3-1-2-4-12/h1,3-10H,2H2/b10-7+. The molecule has 0 aliphatic heterocycles. The van der Waals surface area contributed by atoms with Gasteiger partial charge >= 0.3 is 6.18 Å². The summed E-state index contributed by atoms with van der Waals surface area (Å²) in [6.07, 6.45) is 4.70. The number of allylic oxidation sites excluding steroid dienone is 5. The molecule has 2 rings (SSSR count). The van der Waals surface area contributed by atoms with Crippen molar-refractivity contribution in [1.82, 2.24) is 0 Å². The summed E-state index contributed by atoms with van der Waals surface area (Å²) in [7, 11) is 0. The molecule has 0 radical (unpaired) electrons. The number of hydrogen-bond donors (Lipinski definition) is 0. The number of ketones is 1. The van der Waals surface area contributed by atoms with Crippen LogP contribution in [0.1, 0.15) is 17.5 Å². The number of hydrogen-bond acceptors (Lipinski definition) is 1. The lowest BCUT2D eigenvalue weighted by atomic mass is 10.1. The summed E-state index contributed by atoms with van der Waals surface area (Å²) in [4.78, 5) is 11.7. The number of rotatable bonds is 3. The number of alkyl halides is 3. The highest BCUT2D eigenvalue weighted by molar-refractivity contribution is 6.08. The lowest BCUT2D eigenvalue weighted by Gasteiger charge is -2.05. The molecule has 1 nitrogen and oxygen atoms in total. The SMILES string of the molecule is O=C(/C=C/c1ccc(C(F)(F)F)cc1)C1=CCC=C1. The summed E-state index contributed by atoms with van der Waals surface area (Å²) in [5, 5.41) is 0. The molecule has 0 saturated carbocycles. The van der Waals surface area contributed by atoms with Crippen molar-refractivity contribution in [3.05, 3.63) is 65.3 Å². The fraction of sp³-hybridized carbons (Fsp3) is 0.133. The van der Waals surface area contributed by atoms with E-state index in [-0.39, 0.29) is 5.78 Å². The second-order valence-electron chi connectivity index (χ2n) is 4.11. The van der Waals surface area contributed by atoms with Crippen molar-refractivity contribution in [2.24, 2.45) is 0 Å². The third kappa shape index (κ3) is 3.44. The highest BCUT2D eigenvalue weighted by Gasteiger charge is 2.29. The molecule has 1 aliphatic rings. The van der Waals surface area contributed by atoms with E-state index in [1.54, 1.807) is 12.2 Å². The number of carbonyl (C=O) groups excluding carboxylic acids is 1. The van der Waals surface area contributed by atoms with Gasteiger partial charge in [0.05, 0.1) is 5.56 Å². The molecule has 4 heteroatoms. The molecule has 0 spiro atoms. The van der Waals surface area contributed by atoms with Gasteiger partial charge < -0.3 is 0 Å². The molecule has 0 saturated heterocycles. The molecule has 0 heterocycles. The molecule has 0 N–H and O–H groups in total. The Balaban J connectivity index is 2.07. The van der Waals surface area contributed by atoms with Gasteiger partial charge in [-0.2, -0.15) is 13.2 Å². The third-order valence-electron chi connectivity index (χ3n) is 2.72.